The van der Waals surface area contributed by atoms with Gasteiger partial charge in [0.25, 0.3) is 0 Å². The molecule has 0 aromatic heterocycles. The smallest absolute Gasteiger partial charge is 0.0961 e. The van der Waals surface area contributed by atoms with Crippen LogP contribution >= 0.6 is 0 Å². The van der Waals surface area contributed by atoms with Crippen LogP contribution in [0.3, 0.4) is 0 Å². The third-order valence-electron chi connectivity index (χ3n) is 2.66. The summed E-state index contributed by atoms with van der Waals surface area (Å²) in [6.07, 6.45) is 0. The zero-order valence-electron chi connectivity index (χ0n) is 8.07. The molecule has 0 aliphatic carbocycles. The van der Waals surface area contributed by atoms with Crippen molar-refractivity contribution in [2.45, 2.75) is 13.0 Å². The van der Waals surface area contributed by atoms with Crippen molar-refractivity contribution in [3.8, 4) is 0 Å². The van der Waals surface area contributed by atoms with Gasteiger partial charge >= 0.3 is 0 Å². The number of amidine groups is 1. The van der Waals surface area contributed by atoms with Gasteiger partial charge in [-0.3, -0.25) is 4.99 Å². The minimum atomic E-state index is 0.446. The van der Waals surface area contributed by atoms with Gasteiger partial charge in [0.15, 0.2) is 0 Å². The first kappa shape index (κ1) is 8.30. The Hall–Kier alpha value is -1.31. The van der Waals surface area contributed by atoms with Crippen molar-refractivity contribution in [3.63, 3.8) is 0 Å². The van der Waals surface area contributed by atoms with E-state index in [9.17, 15) is 0 Å². The number of likely N-dealkylation sites (N-methyl/N-ethyl adjacent to an activating group) is 1. The Balaban J connectivity index is 2.22. The third kappa shape index (κ3) is 1.44. The van der Waals surface area contributed by atoms with Crippen molar-refractivity contribution in [3.05, 3.63) is 35.9 Å². The second-order valence-electron chi connectivity index (χ2n) is 3.43. The number of hydrogen-bond acceptors (Lipinski definition) is 2. The van der Waals surface area contributed by atoms with E-state index in [4.69, 9.17) is 0 Å². The molecule has 0 amide bonds. The van der Waals surface area contributed by atoms with Gasteiger partial charge in [-0.05, 0) is 12.5 Å². The number of aliphatic imine (C=N–C) groups is 1. The summed E-state index contributed by atoms with van der Waals surface area (Å²) in [6, 6.07) is 11.0. The molecule has 0 spiro atoms. The summed E-state index contributed by atoms with van der Waals surface area (Å²) in [5, 5.41) is 0. The lowest BCUT2D eigenvalue weighted by molar-refractivity contribution is 0.415. The fraction of sp³-hybridized carbons (Fsp3) is 0.364. The van der Waals surface area contributed by atoms with Crippen LogP contribution < -0.4 is 0 Å². The molecule has 68 valence electrons. The topological polar surface area (TPSA) is 15.6 Å². The predicted molar refractivity (Wildman–Crippen MR) is 54.9 cm³/mol. The quantitative estimate of drug-likeness (QED) is 0.636. The molecule has 2 rings (SSSR count). The van der Waals surface area contributed by atoms with E-state index in [1.54, 1.807) is 0 Å². The second-order valence-corrected chi connectivity index (χ2v) is 3.43. The molecule has 2 heteroatoms. The van der Waals surface area contributed by atoms with Gasteiger partial charge in [-0.2, -0.15) is 0 Å². The fourth-order valence-electron chi connectivity index (χ4n) is 1.68. The Morgan fingerprint density at radius 3 is 2.54 bits per heavy atom. The first-order chi connectivity index (χ1) is 6.29. The van der Waals surface area contributed by atoms with Crippen LogP contribution in [0.2, 0.25) is 0 Å². The normalized spacial score (nSPS) is 21.8. The molecule has 1 aliphatic rings. The van der Waals surface area contributed by atoms with Gasteiger partial charge in [-0.1, -0.05) is 30.3 Å². The lowest BCUT2D eigenvalue weighted by atomic mass is 10.1. The van der Waals surface area contributed by atoms with Crippen molar-refractivity contribution < 1.29 is 0 Å². The van der Waals surface area contributed by atoms with Crippen LogP contribution in [-0.4, -0.2) is 24.3 Å². The largest absolute Gasteiger partial charge is 0.355 e. The highest BCUT2D eigenvalue weighted by Gasteiger charge is 2.22. The van der Waals surface area contributed by atoms with Crippen LogP contribution in [0.5, 0.6) is 0 Å². The van der Waals surface area contributed by atoms with Crippen LogP contribution in [0.4, 0.5) is 0 Å². The molecule has 0 saturated heterocycles. The van der Waals surface area contributed by atoms with Crippen LogP contribution in [-0.2, 0) is 0 Å². The van der Waals surface area contributed by atoms with Gasteiger partial charge in [-0.15, -0.1) is 0 Å². The minimum Gasteiger partial charge on any atom is -0.355 e. The van der Waals surface area contributed by atoms with Crippen molar-refractivity contribution in [1.82, 2.24) is 4.90 Å². The monoisotopic (exact) mass is 174 g/mol. The highest BCUT2D eigenvalue weighted by atomic mass is 15.2. The molecule has 0 bridgehead atoms. The third-order valence-corrected chi connectivity index (χ3v) is 2.66. The summed E-state index contributed by atoms with van der Waals surface area (Å²) in [6.45, 7) is 2.95. The molecule has 1 heterocycles. The number of rotatable bonds is 1. The van der Waals surface area contributed by atoms with Gasteiger partial charge in [-0.25, -0.2) is 0 Å². The standard InChI is InChI=1S/C11H14N2/c1-9-12-8-11(13(9)2)10-6-4-3-5-7-10/h3-7,11H,8H2,1-2H3. The van der Waals surface area contributed by atoms with Gasteiger partial charge in [0.05, 0.1) is 18.4 Å². The molecular weight excluding hydrogens is 160 g/mol. The zero-order chi connectivity index (χ0) is 9.26. The Morgan fingerprint density at radius 2 is 2.00 bits per heavy atom. The van der Waals surface area contributed by atoms with Crippen molar-refractivity contribution in [2.24, 2.45) is 4.99 Å². The molecule has 1 aromatic carbocycles. The summed E-state index contributed by atoms with van der Waals surface area (Å²) in [5.41, 5.74) is 1.35. The molecule has 0 fully saturated rings. The van der Waals surface area contributed by atoms with Crippen LogP contribution in [0.15, 0.2) is 35.3 Å². The Labute approximate surface area is 78.9 Å². The molecule has 0 radical (unpaired) electrons. The average molecular weight is 174 g/mol. The first-order valence-corrected chi connectivity index (χ1v) is 4.58. The zero-order valence-corrected chi connectivity index (χ0v) is 8.07. The van der Waals surface area contributed by atoms with Crippen molar-refractivity contribution in [2.75, 3.05) is 13.6 Å². The van der Waals surface area contributed by atoms with Crippen molar-refractivity contribution in [1.29, 1.82) is 0 Å². The minimum absolute atomic E-state index is 0.446. The van der Waals surface area contributed by atoms with Crippen molar-refractivity contribution >= 4 is 5.84 Å². The van der Waals surface area contributed by atoms with E-state index in [1.807, 2.05) is 6.07 Å². The van der Waals surface area contributed by atoms with Crippen LogP contribution in [0.25, 0.3) is 0 Å². The fourth-order valence-corrected chi connectivity index (χ4v) is 1.68. The van der Waals surface area contributed by atoms with E-state index in [2.05, 4.69) is 48.1 Å². The number of nitrogens with zero attached hydrogens (tertiary/aromatic N) is 2. The maximum atomic E-state index is 4.42. The SMILES string of the molecule is CC1=NCC(c2ccccc2)N1C. The summed E-state index contributed by atoms with van der Waals surface area (Å²) >= 11 is 0. The number of hydrogen-bond donors (Lipinski definition) is 0. The average Bonchev–Trinajstić information content (AvgIpc) is 2.49. The van der Waals surface area contributed by atoms with Gasteiger partial charge in [0.2, 0.25) is 0 Å². The summed E-state index contributed by atoms with van der Waals surface area (Å²) < 4.78 is 0. The van der Waals surface area contributed by atoms with E-state index >= 15 is 0 Å². The Kier molecular flexibility index (Phi) is 2.05. The maximum Gasteiger partial charge on any atom is 0.0961 e. The van der Waals surface area contributed by atoms with Gasteiger partial charge in [0.1, 0.15) is 0 Å². The van der Waals surface area contributed by atoms with E-state index in [1.165, 1.54) is 5.56 Å². The molecule has 1 aliphatic heterocycles. The maximum absolute atomic E-state index is 4.42. The second kappa shape index (κ2) is 3.21. The molecular formula is C11H14N2. The molecule has 13 heavy (non-hydrogen) atoms. The summed E-state index contributed by atoms with van der Waals surface area (Å²) in [5.74, 6) is 1.13. The van der Waals surface area contributed by atoms with E-state index in [0.29, 0.717) is 6.04 Å². The highest BCUT2D eigenvalue weighted by Crippen LogP contribution is 2.24. The predicted octanol–water partition coefficient (Wildman–Crippen LogP) is 2.09. The molecule has 1 unspecified atom stereocenters. The molecule has 0 saturated carbocycles. The van der Waals surface area contributed by atoms with E-state index in [0.717, 1.165) is 12.4 Å². The summed E-state index contributed by atoms with van der Waals surface area (Å²) in [4.78, 5) is 6.65. The molecule has 1 aromatic rings. The van der Waals surface area contributed by atoms with E-state index in [-0.39, 0.29) is 0 Å². The van der Waals surface area contributed by atoms with Crippen LogP contribution in [0.1, 0.15) is 18.5 Å². The van der Waals surface area contributed by atoms with Gasteiger partial charge < -0.3 is 4.90 Å². The van der Waals surface area contributed by atoms with Crippen LogP contribution in [0, 0.1) is 0 Å². The lowest BCUT2D eigenvalue weighted by Gasteiger charge is -2.21. The highest BCUT2D eigenvalue weighted by molar-refractivity contribution is 5.81. The van der Waals surface area contributed by atoms with E-state index < -0.39 is 0 Å². The Bertz CT molecular complexity index is 316. The number of benzene rings is 1. The molecule has 0 N–H and O–H groups in total. The van der Waals surface area contributed by atoms with Gasteiger partial charge in [0, 0.05) is 7.05 Å². The summed E-state index contributed by atoms with van der Waals surface area (Å²) in [7, 11) is 2.10. The first-order valence-electron chi connectivity index (χ1n) is 4.58. The molecule has 2 nitrogen and oxygen atoms in total. The molecule has 1 atom stereocenters. The lowest BCUT2D eigenvalue weighted by Crippen LogP contribution is -2.24. The Morgan fingerprint density at radius 1 is 1.31 bits per heavy atom.